The van der Waals surface area contributed by atoms with Crippen LogP contribution in [0.25, 0.3) is 11.1 Å². The minimum atomic E-state index is -0.487. The first-order chi connectivity index (χ1) is 14.1. The molecule has 0 aliphatic rings. The number of carbonyl (C=O) groups excluding carboxylic acids is 2. The molecule has 1 amide bonds. The Labute approximate surface area is 176 Å². The molecular weight excluding hydrogens is 389 g/mol. The quantitative estimate of drug-likeness (QED) is 0.304. The number of thiophene rings is 1. The maximum Gasteiger partial charge on any atom is 0.341 e. The molecule has 2 aromatic rings. The summed E-state index contributed by atoms with van der Waals surface area (Å²) in [6.07, 6.45) is 8.42. The third-order valence-corrected chi connectivity index (χ3v) is 5.58. The number of halogens is 1. The third kappa shape index (κ3) is 7.28. The van der Waals surface area contributed by atoms with Crippen LogP contribution in [-0.4, -0.2) is 18.5 Å². The lowest BCUT2D eigenvalue weighted by molar-refractivity contribution is -0.116. The summed E-state index contributed by atoms with van der Waals surface area (Å²) in [5, 5.41) is 5.14. The first-order valence-corrected chi connectivity index (χ1v) is 11.3. The molecule has 0 atom stereocenters. The highest BCUT2D eigenvalue weighted by atomic mass is 32.1. The summed E-state index contributed by atoms with van der Waals surface area (Å²) in [4.78, 5) is 24.9. The van der Waals surface area contributed by atoms with E-state index in [0.29, 0.717) is 28.1 Å². The summed E-state index contributed by atoms with van der Waals surface area (Å²) in [7, 11) is 0. The standard InChI is InChI=1S/C23H30FNO3S/c1-3-5-6-7-8-9-10-11-20(26)25-22-21(23(27)28-4-2)19(16-29-22)17-12-14-18(24)15-13-17/h12-16H,3-11H2,1-2H3,(H,25,26). The average molecular weight is 420 g/mol. The van der Waals surface area contributed by atoms with Crippen molar-refractivity contribution in [3.8, 4) is 11.1 Å². The summed E-state index contributed by atoms with van der Waals surface area (Å²) in [5.74, 6) is -0.930. The Balaban J connectivity index is 2.01. The molecule has 1 aromatic heterocycles. The van der Waals surface area contributed by atoms with Gasteiger partial charge in [-0.1, -0.05) is 57.6 Å². The smallest absolute Gasteiger partial charge is 0.341 e. The highest BCUT2D eigenvalue weighted by Crippen LogP contribution is 2.36. The van der Waals surface area contributed by atoms with Gasteiger partial charge in [-0.3, -0.25) is 4.79 Å². The van der Waals surface area contributed by atoms with Crippen molar-refractivity contribution in [1.29, 1.82) is 0 Å². The van der Waals surface area contributed by atoms with Gasteiger partial charge in [0, 0.05) is 17.4 Å². The van der Waals surface area contributed by atoms with Crippen LogP contribution in [0.2, 0.25) is 0 Å². The molecule has 0 radical (unpaired) electrons. The van der Waals surface area contributed by atoms with E-state index in [2.05, 4.69) is 12.2 Å². The Hall–Kier alpha value is -2.21. The van der Waals surface area contributed by atoms with E-state index in [0.717, 1.165) is 19.3 Å². The molecule has 0 aliphatic carbocycles. The second-order valence-electron chi connectivity index (χ2n) is 7.00. The van der Waals surface area contributed by atoms with Gasteiger partial charge in [0.15, 0.2) is 0 Å². The van der Waals surface area contributed by atoms with Crippen LogP contribution in [0, 0.1) is 5.82 Å². The summed E-state index contributed by atoms with van der Waals surface area (Å²) < 4.78 is 18.4. The lowest BCUT2D eigenvalue weighted by Gasteiger charge is -2.09. The van der Waals surface area contributed by atoms with E-state index in [9.17, 15) is 14.0 Å². The van der Waals surface area contributed by atoms with Gasteiger partial charge >= 0.3 is 5.97 Å². The number of esters is 1. The van der Waals surface area contributed by atoms with Crippen molar-refractivity contribution >= 4 is 28.2 Å². The van der Waals surface area contributed by atoms with Crippen LogP contribution in [0.15, 0.2) is 29.6 Å². The highest BCUT2D eigenvalue weighted by Gasteiger charge is 2.22. The first-order valence-electron chi connectivity index (χ1n) is 10.4. The molecular formula is C23H30FNO3S. The van der Waals surface area contributed by atoms with Crippen molar-refractivity contribution in [3.63, 3.8) is 0 Å². The lowest BCUT2D eigenvalue weighted by atomic mass is 10.0. The van der Waals surface area contributed by atoms with Crippen molar-refractivity contribution in [3.05, 3.63) is 41.0 Å². The van der Waals surface area contributed by atoms with Crippen LogP contribution in [0.4, 0.5) is 9.39 Å². The van der Waals surface area contributed by atoms with E-state index in [4.69, 9.17) is 4.74 Å². The molecule has 0 spiro atoms. The van der Waals surface area contributed by atoms with Crippen LogP contribution in [0.1, 0.15) is 75.6 Å². The average Bonchev–Trinajstić information content (AvgIpc) is 3.11. The molecule has 0 fully saturated rings. The molecule has 0 unspecified atom stereocenters. The topological polar surface area (TPSA) is 55.4 Å². The van der Waals surface area contributed by atoms with Gasteiger partial charge in [-0.05, 0) is 31.0 Å². The van der Waals surface area contributed by atoms with E-state index >= 15 is 0 Å². The molecule has 0 bridgehead atoms. The Bertz CT molecular complexity index is 786. The molecule has 0 saturated carbocycles. The number of carbonyl (C=O) groups is 2. The number of ether oxygens (including phenoxy) is 1. The van der Waals surface area contributed by atoms with Crippen LogP contribution < -0.4 is 5.32 Å². The van der Waals surface area contributed by atoms with Crippen molar-refractivity contribution in [2.24, 2.45) is 0 Å². The Morgan fingerprint density at radius 1 is 1.00 bits per heavy atom. The molecule has 158 valence electrons. The van der Waals surface area contributed by atoms with Crippen LogP contribution in [0.3, 0.4) is 0 Å². The Morgan fingerprint density at radius 3 is 2.31 bits per heavy atom. The number of unbranched alkanes of at least 4 members (excludes halogenated alkanes) is 6. The number of anilines is 1. The van der Waals surface area contributed by atoms with Gasteiger partial charge in [0.05, 0.1) is 6.61 Å². The summed E-state index contributed by atoms with van der Waals surface area (Å²) >= 11 is 1.28. The van der Waals surface area contributed by atoms with Crippen molar-refractivity contribution in [2.75, 3.05) is 11.9 Å². The van der Waals surface area contributed by atoms with Gasteiger partial charge in [0.1, 0.15) is 16.4 Å². The minimum Gasteiger partial charge on any atom is -0.462 e. The summed E-state index contributed by atoms with van der Waals surface area (Å²) in [6.45, 7) is 4.17. The van der Waals surface area contributed by atoms with Gasteiger partial charge in [0.2, 0.25) is 5.91 Å². The van der Waals surface area contributed by atoms with Gasteiger partial charge in [-0.15, -0.1) is 11.3 Å². The van der Waals surface area contributed by atoms with Crippen LogP contribution in [0.5, 0.6) is 0 Å². The maximum atomic E-state index is 13.2. The Morgan fingerprint density at radius 2 is 1.66 bits per heavy atom. The van der Waals surface area contributed by atoms with E-state index in [1.165, 1.54) is 49.2 Å². The number of benzene rings is 1. The summed E-state index contributed by atoms with van der Waals surface area (Å²) in [5.41, 5.74) is 1.68. The zero-order chi connectivity index (χ0) is 21.1. The zero-order valence-corrected chi connectivity index (χ0v) is 18.1. The Kier molecular flexibility index (Phi) is 9.84. The van der Waals surface area contributed by atoms with E-state index in [1.807, 2.05) is 0 Å². The summed E-state index contributed by atoms with van der Waals surface area (Å²) in [6, 6.07) is 5.93. The minimum absolute atomic E-state index is 0.100. The van der Waals surface area contributed by atoms with Crippen LogP contribution in [-0.2, 0) is 9.53 Å². The van der Waals surface area contributed by atoms with Gasteiger partial charge < -0.3 is 10.1 Å². The third-order valence-electron chi connectivity index (χ3n) is 4.69. The molecule has 1 aromatic carbocycles. The number of amides is 1. The first kappa shape index (κ1) is 23.1. The number of hydrogen-bond donors (Lipinski definition) is 1. The molecule has 0 saturated heterocycles. The maximum absolute atomic E-state index is 13.2. The lowest BCUT2D eigenvalue weighted by Crippen LogP contribution is -2.14. The van der Waals surface area contributed by atoms with Crippen molar-refractivity contribution in [1.82, 2.24) is 0 Å². The van der Waals surface area contributed by atoms with E-state index in [1.54, 1.807) is 24.4 Å². The SMILES string of the molecule is CCCCCCCCCC(=O)Nc1scc(-c2ccc(F)cc2)c1C(=O)OCC. The molecule has 1 heterocycles. The molecule has 6 heteroatoms. The fourth-order valence-electron chi connectivity index (χ4n) is 3.13. The molecule has 2 rings (SSSR count). The largest absolute Gasteiger partial charge is 0.462 e. The normalized spacial score (nSPS) is 10.7. The predicted octanol–water partition coefficient (Wildman–Crippen LogP) is 6.81. The molecule has 29 heavy (non-hydrogen) atoms. The fraction of sp³-hybridized carbons (Fsp3) is 0.478. The second kappa shape index (κ2) is 12.4. The van der Waals surface area contributed by atoms with Crippen molar-refractivity contribution in [2.45, 2.75) is 65.2 Å². The van der Waals surface area contributed by atoms with Gasteiger partial charge in [0.25, 0.3) is 0 Å². The number of nitrogens with one attached hydrogen (secondary N) is 1. The second-order valence-corrected chi connectivity index (χ2v) is 7.88. The fourth-order valence-corrected chi connectivity index (χ4v) is 4.10. The van der Waals surface area contributed by atoms with Crippen molar-refractivity contribution < 1.29 is 18.7 Å². The molecule has 1 N–H and O–H groups in total. The molecule has 0 aliphatic heterocycles. The monoisotopic (exact) mass is 419 g/mol. The van der Waals surface area contributed by atoms with E-state index in [-0.39, 0.29) is 18.3 Å². The predicted molar refractivity (Wildman–Crippen MR) is 117 cm³/mol. The molecule has 4 nitrogen and oxygen atoms in total. The van der Waals surface area contributed by atoms with Gasteiger partial charge in [-0.25, -0.2) is 9.18 Å². The van der Waals surface area contributed by atoms with Gasteiger partial charge in [-0.2, -0.15) is 0 Å². The van der Waals surface area contributed by atoms with Crippen LogP contribution >= 0.6 is 11.3 Å². The number of hydrogen-bond acceptors (Lipinski definition) is 4. The number of rotatable bonds is 12. The highest BCUT2D eigenvalue weighted by molar-refractivity contribution is 7.15. The van der Waals surface area contributed by atoms with E-state index < -0.39 is 5.97 Å². The zero-order valence-electron chi connectivity index (χ0n) is 17.3.